The first kappa shape index (κ1) is 13.3. The van der Waals surface area contributed by atoms with Gasteiger partial charge in [0.1, 0.15) is 5.75 Å². The van der Waals surface area contributed by atoms with Gasteiger partial charge in [0, 0.05) is 5.46 Å². The fourth-order valence-corrected chi connectivity index (χ4v) is 1.76. The summed E-state index contributed by atoms with van der Waals surface area (Å²) in [5, 5.41) is 0. The molecule has 4 nitrogen and oxygen atoms in total. The minimum atomic E-state index is -0.651. The van der Waals surface area contributed by atoms with Crippen LogP contribution in [0.25, 0.3) is 0 Å². The molecule has 18 heavy (non-hydrogen) atoms. The van der Waals surface area contributed by atoms with Crippen LogP contribution in [0.5, 0.6) is 5.75 Å². The number of rotatable bonds is 2. The van der Waals surface area contributed by atoms with E-state index in [4.69, 9.17) is 14.0 Å². The maximum Gasteiger partial charge on any atom is 0.498 e. The third-order valence-electron chi connectivity index (χ3n) is 3.59. The number of hydrogen-bond donors (Lipinski definition) is 0. The normalized spacial score (nSPS) is 21.1. The van der Waals surface area contributed by atoms with Crippen LogP contribution in [0.2, 0.25) is 0 Å². The van der Waals surface area contributed by atoms with E-state index in [1.54, 1.807) is 0 Å². The van der Waals surface area contributed by atoms with Gasteiger partial charge >= 0.3 is 7.12 Å². The van der Waals surface area contributed by atoms with Gasteiger partial charge in [-0.2, -0.15) is 4.39 Å². The van der Waals surface area contributed by atoms with Crippen molar-refractivity contribution in [3.63, 3.8) is 0 Å². The summed E-state index contributed by atoms with van der Waals surface area (Å²) in [7, 11) is 0.853. The molecule has 1 saturated heterocycles. The lowest BCUT2D eigenvalue weighted by Gasteiger charge is -2.32. The van der Waals surface area contributed by atoms with Crippen molar-refractivity contribution >= 4 is 12.6 Å². The number of ether oxygens (including phenoxy) is 1. The first-order valence-corrected chi connectivity index (χ1v) is 5.82. The van der Waals surface area contributed by atoms with Crippen molar-refractivity contribution in [3.05, 3.63) is 18.2 Å². The van der Waals surface area contributed by atoms with Gasteiger partial charge in [-0.25, -0.2) is 4.98 Å². The Morgan fingerprint density at radius 3 is 2.28 bits per heavy atom. The smallest absolute Gasteiger partial charge is 0.495 e. The number of pyridine rings is 1. The van der Waals surface area contributed by atoms with Crippen molar-refractivity contribution in [2.24, 2.45) is 0 Å². The third kappa shape index (κ3) is 2.10. The Kier molecular flexibility index (Phi) is 3.11. The third-order valence-corrected chi connectivity index (χ3v) is 3.59. The summed E-state index contributed by atoms with van der Waals surface area (Å²) in [6.45, 7) is 7.77. The van der Waals surface area contributed by atoms with Gasteiger partial charge in [0.05, 0.1) is 24.5 Å². The molecule has 1 aliphatic rings. The Bertz CT molecular complexity index is 449. The molecule has 0 radical (unpaired) electrons. The van der Waals surface area contributed by atoms with Crippen LogP contribution in [-0.2, 0) is 9.31 Å². The first-order chi connectivity index (χ1) is 8.27. The van der Waals surface area contributed by atoms with Gasteiger partial charge in [-0.1, -0.05) is 0 Å². The molecule has 0 unspecified atom stereocenters. The van der Waals surface area contributed by atoms with E-state index in [9.17, 15) is 4.39 Å². The Labute approximate surface area is 107 Å². The molecule has 1 aromatic heterocycles. The number of hydrogen-bond acceptors (Lipinski definition) is 4. The number of halogens is 1. The molecular formula is C12H17BFNO3. The molecule has 2 heterocycles. The number of nitrogens with zero attached hydrogens (tertiary/aromatic N) is 1. The highest BCUT2D eigenvalue weighted by molar-refractivity contribution is 6.63. The molecule has 1 aliphatic heterocycles. The maximum atomic E-state index is 13.2. The predicted molar refractivity (Wildman–Crippen MR) is 66.5 cm³/mol. The second kappa shape index (κ2) is 4.21. The molecule has 1 fully saturated rings. The van der Waals surface area contributed by atoms with Gasteiger partial charge in [-0.3, -0.25) is 0 Å². The van der Waals surface area contributed by atoms with Crippen LogP contribution in [0, 0.1) is 5.95 Å². The average molecular weight is 253 g/mol. The zero-order chi connectivity index (χ0) is 13.6. The SMILES string of the molecule is COc1cnc(F)cc1B1OC(C)(C)C(C)(C)O1. The molecule has 6 heteroatoms. The predicted octanol–water partition coefficient (Wildman–Crippen LogP) is 1.53. The molecule has 0 aromatic carbocycles. The summed E-state index contributed by atoms with van der Waals surface area (Å²) in [5.74, 6) is -0.129. The van der Waals surface area contributed by atoms with Crippen molar-refractivity contribution in [2.45, 2.75) is 38.9 Å². The number of aromatic nitrogens is 1. The maximum absolute atomic E-state index is 13.2. The fraction of sp³-hybridized carbons (Fsp3) is 0.583. The minimum absolute atomic E-state index is 0.454. The van der Waals surface area contributed by atoms with Crippen molar-refractivity contribution in [1.29, 1.82) is 0 Å². The summed E-state index contributed by atoms with van der Waals surface area (Å²) in [4.78, 5) is 3.55. The van der Waals surface area contributed by atoms with E-state index >= 15 is 0 Å². The minimum Gasteiger partial charge on any atom is -0.495 e. The van der Waals surface area contributed by atoms with E-state index in [2.05, 4.69) is 4.98 Å². The monoisotopic (exact) mass is 253 g/mol. The molecule has 98 valence electrons. The lowest BCUT2D eigenvalue weighted by molar-refractivity contribution is 0.00578. The van der Waals surface area contributed by atoms with Gasteiger partial charge in [0.15, 0.2) is 0 Å². The molecule has 0 aliphatic carbocycles. The quantitative estimate of drug-likeness (QED) is 0.592. The zero-order valence-electron chi connectivity index (χ0n) is 11.3. The average Bonchev–Trinajstić information content (AvgIpc) is 2.48. The highest BCUT2D eigenvalue weighted by Gasteiger charge is 2.52. The van der Waals surface area contributed by atoms with Crippen LogP contribution >= 0.6 is 0 Å². The topological polar surface area (TPSA) is 40.6 Å². The van der Waals surface area contributed by atoms with Crippen LogP contribution in [-0.4, -0.2) is 30.4 Å². The molecule has 0 saturated carbocycles. The summed E-state index contributed by atoms with van der Waals surface area (Å²) in [6.07, 6.45) is 1.33. The van der Waals surface area contributed by atoms with Gasteiger partial charge < -0.3 is 14.0 Å². The summed E-state index contributed by atoms with van der Waals surface area (Å²) < 4.78 is 30.1. The molecule has 0 spiro atoms. The summed E-state index contributed by atoms with van der Waals surface area (Å²) in [6, 6.07) is 1.28. The lowest BCUT2D eigenvalue weighted by Crippen LogP contribution is -2.41. The second-order valence-electron chi connectivity index (χ2n) is 5.34. The number of methoxy groups -OCH3 is 1. The second-order valence-corrected chi connectivity index (χ2v) is 5.34. The highest BCUT2D eigenvalue weighted by atomic mass is 19.1. The van der Waals surface area contributed by atoms with Crippen LogP contribution in [0.4, 0.5) is 4.39 Å². The molecule has 0 bridgehead atoms. The van der Waals surface area contributed by atoms with Crippen LogP contribution in [0.15, 0.2) is 12.3 Å². The van der Waals surface area contributed by atoms with E-state index in [0.717, 1.165) is 0 Å². The Hall–Kier alpha value is -1.14. The lowest BCUT2D eigenvalue weighted by atomic mass is 9.79. The van der Waals surface area contributed by atoms with Gasteiger partial charge in [0.2, 0.25) is 5.95 Å². The van der Waals surface area contributed by atoms with E-state index in [1.165, 1.54) is 19.4 Å². The molecule has 0 N–H and O–H groups in total. The molecule has 1 aromatic rings. The van der Waals surface area contributed by atoms with Crippen molar-refractivity contribution in [2.75, 3.05) is 7.11 Å². The van der Waals surface area contributed by atoms with E-state index in [0.29, 0.717) is 11.2 Å². The molecular weight excluding hydrogens is 236 g/mol. The fourth-order valence-electron chi connectivity index (χ4n) is 1.76. The van der Waals surface area contributed by atoms with Crippen molar-refractivity contribution < 1.29 is 18.4 Å². The van der Waals surface area contributed by atoms with Crippen molar-refractivity contribution in [1.82, 2.24) is 4.98 Å². The van der Waals surface area contributed by atoms with Crippen LogP contribution in [0.3, 0.4) is 0 Å². The standard InChI is InChI=1S/C12H17BFNO3/c1-11(2)12(3,4)18-13(17-11)8-6-10(14)15-7-9(8)16-5/h6-7H,1-5H3. The first-order valence-electron chi connectivity index (χ1n) is 5.82. The van der Waals surface area contributed by atoms with E-state index in [-0.39, 0.29) is 0 Å². The largest absolute Gasteiger partial charge is 0.498 e. The molecule has 0 amide bonds. The van der Waals surface area contributed by atoms with Gasteiger partial charge in [-0.05, 0) is 33.8 Å². The Morgan fingerprint density at radius 1 is 1.22 bits per heavy atom. The van der Waals surface area contributed by atoms with Gasteiger partial charge in [0.25, 0.3) is 0 Å². The van der Waals surface area contributed by atoms with Crippen LogP contribution in [0.1, 0.15) is 27.7 Å². The van der Waals surface area contributed by atoms with Crippen molar-refractivity contribution in [3.8, 4) is 5.75 Å². The molecule has 0 atom stereocenters. The van der Waals surface area contributed by atoms with Crippen LogP contribution < -0.4 is 10.2 Å². The Balaban J connectivity index is 2.37. The molecule has 2 rings (SSSR count). The van der Waals surface area contributed by atoms with E-state index < -0.39 is 24.3 Å². The zero-order valence-corrected chi connectivity index (χ0v) is 11.3. The highest BCUT2D eigenvalue weighted by Crippen LogP contribution is 2.37. The van der Waals surface area contributed by atoms with E-state index in [1.807, 2.05) is 27.7 Å². The summed E-state index contributed by atoms with van der Waals surface area (Å²) >= 11 is 0. The summed E-state index contributed by atoms with van der Waals surface area (Å²) in [5.41, 5.74) is -0.422. The van der Waals surface area contributed by atoms with Gasteiger partial charge in [-0.15, -0.1) is 0 Å². The Morgan fingerprint density at radius 2 is 1.78 bits per heavy atom.